The maximum atomic E-state index is 13.0. The van der Waals surface area contributed by atoms with Crippen LogP contribution in [0.4, 0.5) is 13.2 Å². The maximum Gasteiger partial charge on any atom is 0.434 e. The van der Waals surface area contributed by atoms with Gasteiger partial charge in [0.2, 0.25) is 0 Å². The van der Waals surface area contributed by atoms with Crippen LogP contribution in [-0.2, 0) is 22.8 Å². The van der Waals surface area contributed by atoms with Gasteiger partial charge < -0.3 is 10.4 Å². The van der Waals surface area contributed by atoms with Crippen molar-refractivity contribution in [3.63, 3.8) is 0 Å². The Bertz CT molecular complexity index is 898. The number of halogens is 4. The zero-order valence-corrected chi connectivity index (χ0v) is 15.4. The van der Waals surface area contributed by atoms with Crippen molar-refractivity contribution in [3.8, 4) is 0 Å². The van der Waals surface area contributed by atoms with Crippen LogP contribution in [0, 0.1) is 0 Å². The molecule has 146 valence electrons. The van der Waals surface area contributed by atoms with Gasteiger partial charge in [0.05, 0.1) is 0 Å². The molecule has 2 amide bonds. The Morgan fingerprint density at radius 3 is 2.56 bits per heavy atom. The second-order valence-corrected chi connectivity index (χ2v) is 7.41. The third-order valence-electron chi connectivity index (χ3n) is 4.12. The molecule has 1 aromatic rings. The molecular formula is C14H12ClF3N4O4S. The lowest BCUT2D eigenvalue weighted by molar-refractivity contribution is -0.148. The van der Waals surface area contributed by atoms with E-state index in [-0.39, 0.29) is 5.70 Å². The summed E-state index contributed by atoms with van der Waals surface area (Å²) in [5.41, 5.74) is -1.59. The Morgan fingerprint density at radius 2 is 2.04 bits per heavy atom. The van der Waals surface area contributed by atoms with Crippen LogP contribution in [0.2, 0.25) is 5.02 Å². The molecule has 27 heavy (non-hydrogen) atoms. The van der Waals surface area contributed by atoms with Gasteiger partial charge in [0.1, 0.15) is 22.1 Å². The number of aryl methyl sites for hydroxylation is 1. The first-order valence-electron chi connectivity index (χ1n) is 7.43. The average Bonchev–Trinajstić information content (AvgIpc) is 2.86. The van der Waals surface area contributed by atoms with Crippen LogP contribution in [0.5, 0.6) is 0 Å². The van der Waals surface area contributed by atoms with E-state index in [2.05, 4.69) is 10.4 Å². The molecule has 0 aromatic carbocycles. The van der Waals surface area contributed by atoms with Crippen molar-refractivity contribution in [1.82, 2.24) is 20.0 Å². The Morgan fingerprint density at radius 1 is 1.41 bits per heavy atom. The van der Waals surface area contributed by atoms with E-state index in [0.717, 1.165) is 11.9 Å². The van der Waals surface area contributed by atoms with E-state index in [9.17, 15) is 32.7 Å². The highest BCUT2D eigenvalue weighted by atomic mass is 35.5. The molecule has 2 aliphatic rings. The summed E-state index contributed by atoms with van der Waals surface area (Å²) < 4.78 is 39.3. The van der Waals surface area contributed by atoms with Crippen LogP contribution >= 0.6 is 23.4 Å². The summed E-state index contributed by atoms with van der Waals surface area (Å²) in [5.74, 6) is -2.64. The number of hydrogen-bond acceptors (Lipinski definition) is 5. The van der Waals surface area contributed by atoms with Crippen LogP contribution in [0.25, 0.3) is 0 Å². The Hall–Kier alpha value is -2.21. The van der Waals surface area contributed by atoms with E-state index in [1.807, 2.05) is 0 Å². The minimum absolute atomic E-state index is 0.149. The molecule has 0 bridgehead atoms. The average molecular weight is 425 g/mol. The highest BCUT2D eigenvalue weighted by Crippen LogP contribution is 2.40. The second-order valence-electron chi connectivity index (χ2n) is 5.93. The highest BCUT2D eigenvalue weighted by molar-refractivity contribution is 8.00. The van der Waals surface area contributed by atoms with Crippen LogP contribution in [-0.4, -0.2) is 54.7 Å². The maximum absolute atomic E-state index is 13.0. The first kappa shape index (κ1) is 19.5. The Labute approximate surface area is 159 Å². The predicted molar refractivity (Wildman–Crippen MR) is 87.9 cm³/mol. The molecule has 13 heteroatoms. The molecule has 1 fully saturated rings. The topological polar surface area (TPSA) is 105 Å². The molecule has 1 aromatic heterocycles. The van der Waals surface area contributed by atoms with Crippen LogP contribution in [0.3, 0.4) is 0 Å². The molecule has 2 atom stereocenters. The van der Waals surface area contributed by atoms with Gasteiger partial charge in [-0.05, 0) is 12.5 Å². The first-order valence-corrected chi connectivity index (χ1v) is 8.86. The Kier molecular flexibility index (Phi) is 4.67. The number of fused-ring (bicyclic) bond motifs is 1. The smallest absolute Gasteiger partial charge is 0.434 e. The van der Waals surface area contributed by atoms with Gasteiger partial charge in [-0.1, -0.05) is 11.6 Å². The number of carbonyl (C=O) groups is 3. The summed E-state index contributed by atoms with van der Waals surface area (Å²) in [4.78, 5) is 37.0. The molecule has 1 saturated heterocycles. The number of aromatic nitrogens is 2. The molecule has 0 spiro atoms. The number of alkyl halides is 3. The van der Waals surface area contributed by atoms with E-state index in [1.54, 1.807) is 6.92 Å². The number of hydrogen-bond donors (Lipinski definition) is 2. The van der Waals surface area contributed by atoms with Crippen molar-refractivity contribution in [2.75, 3.05) is 5.75 Å². The minimum atomic E-state index is -4.81. The normalized spacial score (nSPS) is 22.4. The summed E-state index contributed by atoms with van der Waals surface area (Å²) in [7, 11) is 0.991. The number of carboxylic acids is 1. The largest absolute Gasteiger partial charge is 0.477 e. The molecule has 8 nitrogen and oxygen atoms in total. The van der Waals surface area contributed by atoms with Crippen molar-refractivity contribution >= 4 is 41.1 Å². The van der Waals surface area contributed by atoms with Crippen molar-refractivity contribution < 1.29 is 32.7 Å². The fourth-order valence-corrected chi connectivity index (χ4v) is 4.58. The van der Waals surface area contributed by atoms with Crippen LogP contribution in [0.15, 0.2) is 11.3 Å². The van der Waals surface area contributed by atoms with Gasteiger partial charge in [-0.15, -0.1) is 11.8 Å². The van der Waals surface area contributed by atoms with E-state index >= 15 is 0 Å². The lowest BCUT2D eigenvalue weighted by Crippen LogP contribution is -2.70. The molecule has 0 saturated carbocycles. The number of β-lactam (4-membered cyclic amide) rings is 1. The van der Waals surface area contributed by atoms with Gasteiger partial charge in [0, 0.05) is 12.8 Å². The number of nitrogens with one attached hydrogen (secondary N) is 1. The highest BCUT2D eigenvalue weighted by Gasteiger charge is 2.54. The van der Waals surface area contributed by atoms with E-state index in [0.29, 0.717) is 16.0 Å². The summed E-state index contributed by atoms with van der Waals surface area (Å²) in [6, 6.07) is -1.09. The van der Waals surface area contributed by atoms with Crippen LogP contribution < -0.4 is 5.32 Å². The number of thioether (sulfide) groups is 1. The molecule has 3 rings (SSSR count). The van der Waals surface area contributed by atoms with Crippen molar-refractivity contribution in [2.24, 2.45) is 7.05 Å². The van der Waals surface area contributed by atoms with E-state index < -0.39 is 51.8 Å². The molecule has 2 aliphatic heterocycles. The summed E-state index contributed by atoms with van der Waals surface area (Å²) in [5, 5.41) is 13.5. The number of amides is 2. The molecular weight excluding hydrogens is 413 g/mol. The quantitative estimate of drug-likeness (QED) is 0.712. The second kappa shape index (κ2) is 6.44. The Balaban J connectivity index is 1.82. The number of nitrogens with zero attached hydrogens (tertiary/aromatic N) is 3. The summed E-state index contributed by atoms with van der Waals surface area (Å²) in [6.07, 6.45) is -4.81. The van der Waals surface area contributed by atoms with Gasteiger partial charge >= 0.3 is 12.1 Å². The third-order valence-corrected chi connectivity index (χ3v) is 5.90. The lowest BCUT2D eigenvalue weighted by atomic mass is 10.0. The zero-order valence-electron chi connectivity index (χ0n) is 13.8. The fourth-order valence-electron chi connectivity index (χ4n) is 2.94. The van der Waals surface area contributed by atoms with Gasteiger partial charge in [-0.2, -0.15) is 18.3 Å². The van der Waals surface area contributed by atoms with Gasteiger partial charge in [0.15, 0.2) is 11.4 Å². The van der Waals surface area contributed by atoms with Crippen molar-refractivity contribution in [3.05, 3.63) is 27.7 Å². The summed E-state index contributed by atoms with van der Waals surface area (Å²) >= 11 is 6.90. The molecule has 0 unspecified atom stereocenters. The fraction of sp³-hybridized carbons (Fsp3) is 0.429. The van der Waals surface area contributed by atoms with Crippen LogP contribution in [0.1, 0.15) is 23.1 Å². The first-order chi connectivity index (χ1) is 12.4. The monoisotopic (exact) mass is 424 g/mol. The number of carboxylic acid groups (broad SMARTS) is 1. The molecule has 3 heterocycles. The zero-order chi connectivity index (χ0) is 20.3. The van der Waals surface area contributed by atoms with Gasteiger partial charge in [-0.3, -0.25) is 19.2 Å². The number of rotatable bonds is 3. The molecule has 2 N–H and O–H groups in total. The van der Waals surface area contributed by atoms with Crippen molar-refractivity contribution in [2.45, 2.75) is 24.5 Å². The van der Waals surface area contributed by atoms with Gasteiger partial charge in [-0.25, -0.2) is 4.79 Å². The predicted octanol–water partition coefficient (Wildman–Crippen LogP) is 1.46. The number of carbonyl (C=O) groups excluding carboxylic acids is 2. The van der Waals surface area contributed by atoms with Gasteiger partial charge in [0.25, 0.3) is 11.8 Å². The standard InChI is InChI=1S/C14H12ClF3N4O4S/c1-4-3-27-12-7(11(24)22(12)8(4)13(25)26)19-10(23)6-5(15)9(14(16,17)18)21(2)20-6/h7,12H,3H2,1-2H3,(H,19,23)(H,25,26)/t7-,12+/m1/s1. The van der Waals surface area contributed by atoms with Crippen molar-refractivity contribution in [1.29, 1.82) is 0 Å². The number of aliphatic carboxylic acids is 1. The van der Waals surface area contributed by atoms with E-state index in [4.69, 9.17) is 11.6 Å². The minimum Gasteiger partial charge on any atom is -0.477 e. The third kappa shape index (κ3) is 3.06. The molecule has 0 aliphatic carbocycles. The molecule has 0 radical (unpaired) electrons. The van der Waals surface area contributed by atoms with E-state index in [1.165, 1.54) is 11.8 Å². The SMILES string of the molecule is CC1=C(C(=O)O)N2C(=O)[C@@H](NC(=O)c3nn(C)c(C(F)(F)F)c3Cl)[C@@H]2SC1. The summed E-state index contributed by atoms with van der Waals surface area (Å²) in [6.45, 7) is 1.58. The lowest BCUT2D eigenvalue weighted by Gasteiger charge is -2.49.